The molecule has 0 fully saturated rings. The minimum Gasteiger partial charge on any atom is -0.477 e. The third-order valence-electron chi connectivity index (χ3n) is 6.59. The quantitative estimate of drug-likeness (QED) is 0.176. The van der Waals surface area contributed by atoms with E-state index in [1.165, 1.54) is 96.3 Å². The number of aliphatic hydroxyl groups excluding tert-OH is 1. The number of carboxylic acid groups (broad SMARTS) is 1. The lowest BCUT2D eigenvalue weighted by Crippen LogP contribution is -2.55. The van der Waals surface area contributed by atoms with Gasteiger partial charge < -0.3 is 10.2 Å². The maximum atomic E-state index is 11.3. The molecule has 5 nitrogen and oxygen atoms in total. The zero-order valence-electron chi connectivity index (χ0n) is 19.8. The topological polar surface area (TPSA) is 69.9 Å². The van der Waals surface area contributed by atoms with Crippen LogP contribution in [0.3, 0.4) is 0 Å². The number of carbonyl (C=O) groups is 1. The normalized spacial score (nSPS) is 18.7. The molecule has 1 heterocycles. The maximum Gasteiger partial charge on any atom is 0.359 e. The van der Waals surface area contributed by atoms with Gasteiger partial charge in [-0.05, 0) is 6.42 Å². The van der Waals surface area contributed by atoms with Gasteiger partial charge in [-0.15, -0.1) is 0 Å². The second kappa shape index (κ2) is 17.7. The van der Waals surface area contributed by atoms with E-state index in [0.29, 0.717) is 17.6 Å². The Labute approximate surface area is 185 Å². The van der Waals surface area contributed by atoms with Gasteiger partial charge in [-0.1, -0.05) is 103 Å². The Balaban J connectivity index is 1.95. The van der Waals surface area contributed by atoms with Gasteiger partial charge in [0.05, 0.1) is 13.2 Å². The highest BCUT2D eigenvalue weighted by atomic mass is 16.4. The molecule has 1 rings (SSSR count). The van der Waals surface area contributed by atoms with Crippen molar-refractivity contribution < 1.29 is 19.5 Å². The molecule has 0 saturated carbocycles. The lowest BCUT2D eigenvalue weighted by Gasteiger charge is -2.32. The highest BCUT2D eigenvalue weighted by Crippen LogP contribution is 2.20. The molecule has 0 aromatic heterocycles. The second-order valence-corrected chi connectivity index (χ2v) is 9.22. The number of carboxylic acids is 1. The summed E-state index contributed by atoms with van der Waals surface area (Å²) in [6.45, 7) is 4.25. The van der Waals surface area contributed by atoms with E-state index in [1.54, 1.807) is 0 Å². The van der Waals surface area contributed by atoms with E-state index in [-0.39, 0.29) is 13.2 Å². The third-order valence-corrected chi connectivity index (χ3v) is 6.59. The summed E-state index contributed by atoms with van der Waals surface area (Å²) in [5.74, 6) is 0.196. The fourth-order valence-corrected chi connectivity index (χ4v) is 4.74. The van der Waals surface area contributed by atoms with Crippen molar-refractivity contribution >= 4 is 11.8 Å². The van der Waals surface area contributed by atoms with Crippen molar-refractivity contribution in [1.82, 2.24) is 0 Å². The predicted octanol–water partition coefficient (Wildman–Crippen LogP) is 5.94. The minimum atomic E-state index is -0.801. The van der Waals surface area contributed by atoms with Crippen LogP contribution in [0, 0.1) is 0 Å². The van der Waals surface area contributed by atoms with Crippen molar-refractivity contribution in [2.75, 3.05) is 32.8 Å². The molecule has 0 aliphatic carbocycles. The molecule has 0 radical (unpaired) electrons. The Morgan fingerprint density at radius 3 is 1.73 bits per heavy atom. The standard InChI is InChI=1S/C25H48N2O3/c1-2-3-4-5-6-7-8-9-10-11-12-13-14-15-16-17-18-24-26-19-20-27(24,21-22-28)23-25(29)30/h28H,2-23H2,1H3/p+1. The van der Waals surface area contributed by atoms with Crippen LogP contribution in [-0.4, -0.2) is 59.3 Å². The Kier molecular flexibility index (Phi) is 16.0. The van der Waals surface area contributed by atoms with Crippen molar-refractivity contribution in [1.29, 1.82) is 0 Å². The van der Waals surface area contributed by atoms with Gasteiger partial charge in [0.15, 0.2) is 12.4 Å². The van der Waals surface area contributed by atoms with Crippen LogP contribution in [0.5, 0.6) is 0 Å². The average Bonchev–Trinajstić information content (AvgIpc) is 3.09. The average molecular weight is 426 g/mol. The summed E-state index contributed by atoms with van der Waals surface area (Å²) in [4.78, 5) is 15.8. The van der Waals surface area contributed by atoms with Gasteiger partial charge in [0, 0.05) is 6.42 Å². The molecule has 0 saturated heterocycles. The van der Waals surface area contributed by atoms with Gasteiger partial charge in [-0.25, -0.2) is 9.79 Å². The van der Waals surface area contributed by atoms with Gasteiger partial charge in [0.2, 0.25) is 0 Å². The lowest BCUT2D eigenvalue weighted by molar-refractivity contribution is -0.829. The fraction of sp³-hybridized carbons (Fsp3) is 0.920. The summed E-state index contributed by atoms with van der Waals surface area (Å²) >= 11 is 0. The predicted molar refractivity (Wildman–Crippen MR) is 126 cm³/mol. The smallest absolute Gasteiger partial charge is 0.359 e. The van der Waals surface area contributed by atoms with Crippen LogP contribution in [0.1, 0.15) is 116 Å². The van der Waals surface area contributed by atoms with E-state index in [2.05, 4.69) is 11.9 Å². The zero-order valence-corrected chi connectivity index (χ0v) is 19.8. The summed E-state index contributed by atoms with van der Waals surface area (Å²) in [7, 11) is 0. The summed E-state index contributed by atoms with van der Waals surface area (Å²) in [5, 5.41) is 18.6. The molecule has 30 heavy (non-hydrogen) atoms. The number of unbranched alkanes of at least 4 members (excludes halogenated alkanes) is 15. The third kappa shape index (κ3) is 12.0. The highest BCUT2D eigenvalue weighted by molar-refractivity contribution is 5.80. The highest BCUT2D eigenvalue weighted by Gasteiger charge is 2.39. The number of aliphatic carboxylic acids is 1. The fourth-order valence-electron chi connectivity index (χ4n) is 4.74. The van der Waals surface area contributed by atoms with Gasteiger partial charge >= 0.3 is 5.97 Å². The molecule has 1 unspecified atom stereocenters. The first-order valence-electron chi connectivity index (χ1n) is 12.9. The first-order chi connectivity index (χ1) is 14.6. The Morgan fingerprint density at radius 2 is 1.30 bits per heavy atom. The van der Waals surface area contributed by atoms with Crippen molar-refractivity contribution in [2.24, 2.45) is 4.99 Å². The monoisotopic (exact) mass is 425 g/mol. The number of nitrogens with zero attached hydrogens (tertiary/aromatic N) is 2. The summed E-state index contributed by atoms with van der Waals surface area (Å²) in [6.07, 6.45) is 22.6. The molecule has 2 N–H and O–H groups in total. The van der Waals surface area contributed by atoms with Gasteiger partial charge in [0.1, 0.15) is 13.1 Å². The molecule has 0 spiro atoms. The Morgan fingerprint density at radius 1 is 0.833 bits per heavy atom. The summed E-state index contributed by atoms with van der Waals surface area (Å²) in [6, 6.07) is 0. The van der Waals surface area contributed by atoms with E-state index < -0.39 is 5.97 Å². The van der Waals surface area contributed by atoms with Crippen LogP contribution in [0.2, 0.25) is 0 Å². The van der Waals surface area contributed by atoms with Crippen LogP contribution >= 0.6 is 0 Å². The SMILES string of the molecule is CCCCCCCCCCCCCCCCCCC1=NCC[N+]1(CCO)CC(=O)O. The van der Waals surface area contributed by atoms with E-state index in [1.807, 2.05) is 0 Å². The van der Waals surface area contributed by atoms with E-state index in [9.17, 15) is 15.0 Å². The van der Waals surface area contributed by atoms with Crippen molar-refractivity contribution in [3.05, 3.63) is 0 Å². The number of aliphatic hydroxyl groups is 1. The van der Waals surface area contributed by atoms with Crippen LogP contribution in [0.15, 0.2) is 4.99 Å². The van der Waals surface area contributed by atoms with Crippen LogP contribution in [0.25, 0.3) is 0 Å². The molecule has 0 amide bonds. The Bertz CT molecular complexity index is 467. The molecule has 176 valence electrons. The van der Waals surface area contributed by atoms with Gasteiger partial charge in [0.25, 0.3) is 0 Å². The molecule has 1 aliphatic rings. The first-order valence-corrected chi connectivity index (χ1v) is 12.9. The summed E-state index contributed by atoms with van der Waals surface area (Å²) in [5.41, 5.74) is 0. The number of hydrogen-bond acceptors (Lipinski definition) is 3. The van der Waals surface area contributed by atoms with Crippen LogP contribution < -0.4 is 0 Å². The van der Waals surface area contributed by atoms with E-state index >= 15 is 0 Å². The zero-order chi connectivity index (χ0) is 21.9. The van der Waals surface area contributed by atoms with Gasteiger partial charge in [-0.3, -0.25) is 4.48 Å². The molecule has 0 aromatic rings. The number of aliphatic imine (C=N–C) groups is 1. The summed E-state index contributed by atoms with van der Waals surface area (Å²) < 4.78 is 0.366. The van der Waals surface area contributed by atoms with Crippen LogP contribution in [-0.2, 0) is 4.79 Å². The maximum absolute atomic E-state index is 11.3. The van der Waals surface area contributed by atoms with Crippen molar-refractivity contribution in [3.8, 4) is 0 Å². The Hall–Kier alpha value is -0.940. The van der Waals surface area contributed by atoms with Crippen molar-refractivity contribution in [2.45, 2.75) is 116 Å². The molecule has 1 aliphatic heterocycles. The molecule has 0 bridgehead atoms. The molecular formula is C25H49N2O3+. The molecule has 0 aromatic carbocycles. The molecule has 5 heteroatoms. The first kappa shape index (κ1) is 27.1. The second-order valence-electron chi connectivity index (χ2n) is 9.22. The number of amidine groups is 1. The van der Waals surface area contributed by atoms with E-state index in [4.69, 9.17) is 0 Å². The molecular weight excluding hydrogens is 376 g/mol. The molecule has 1 atom stereocenters. The lowest BCUT2D eigenvalue weighted by atomic mass is 10.0. The number of rotatable bonds is 21. The van der Waals surface area contributed by atoms with Crippen molar-refractivity contribution in [3.63, 3.8) is 0 Å². The van der Waals surface area contributed by atoms with E-state index in [0.717, 1.165) is 25.2 Å². The largest absolute Gasteiger partial charge is 0.477 e. The van der Waals surface area contributed by atoms with Gasteiger partial charge in [-0.2, -0.15) is 0 Å². The number of quaternary nitrogens is 1. The van der Waals surface area contributed by atoms with Crippen LogP contribution in [0.4, 0.5) is 0 Å². The minimum absolute atomic E-state index is 0.0191. The number of hydrogen-bond donors (Lipinski definition) is 2.